The van der Waals surface area contributed by atoms with Crippen molar-refractivity contribution >= 4 is 23.5 Å². The van der Waals surface area contributed by atoms with Gasteiger partial charge in [0.2, 0.25) is 5.91 Å². The maximum Gasteiger partial charge on any atom is 0.335 e. The first-order valence-corrected chi connectivity index (χ1v) is 9.04. The highest BCUT2D eigenvalue weighted by Crippen LogP contribution is 2.26. The molecule has 140 valence electrons. The molecule has 0 radical (unpaired) electrons. The zero-order valence-corrected chi connectivity index (χ0v) is 14.9. The van der Waals surface area contributed by atoms with Crippen LogP contribution in [0.3, 0.4) is 0 Å². The maximum atomic E-state index is 12.2. The zero-order valence-electron chi connectivity index (χ0n) is 14.9. The predicted octanol–water partition coefficient (Wildman–Crippen LogP) is 3.44. The Kier molecular flexibility index (Phi) is 5.86. The summed E-state index contributed by atoms with van der Waals surface area (Å²) in [6.07, 6.45) is 4.11. The molecule has 0 unspecified atom stereocenters. The normalized spacial score (nSPS) is 13.9. The van der Waals surface area contributed by atoms with Gasteiger partial charge in [-0.15, -0.1) is 0 Å². The second-order valence-electron chi connectivity index (χ2n) is 6.74. The van der Waals surface area contributed by atoms with Crippen LogP contribution in [-0.2, 0) is 11.3 Å². The van der Waals surface area contributed by atoms with Crippen LogP contribution >= 0.6 is 0 Å². The molecule has 1 saturated carbocycles. The Balaban J connectivity index is 1.56. The molecule has 2 aromatic rings. The van der Waals surface area contributed by atoms with Crippen molar-refractivity contribution in [2.24, 2.45) is 5.92 Å². The number of hydrogen-bond donors (Lipinski definition) is 3. The van der Waals surface area contributed by atoms with Crippen LogP contribution in [0.1, 0.15) is 52.0 Å². The molecule has 0 aromatic heterocycles. The average Bonchev–Trinajstić information content (AvgIpc) is 3.21. The van der Waals surface area contributed by atoms with Crippen molar-refractivity contribution in [2.45, 2.75) is 32.2 Å². The Bertz CT molecular complexity index is 840. The minimum atomic E-state index is -1.03. The van der Waals surface area contributed by atoms with E-state index < -0.39 is 5.97 Å². The van der Waals surface area contributed by atoms with E-state index in [2.05, 4.69) is 10.6 Å². The molecule has 1 aliphatic carbocycles. The van der Waals surface area contributed by atoms with Gasteiger partial charge in [0.15, 0.2) is 0 Å². The molecule has 3 rings (SSSR count). The fraction of sp³-hybridized carbons (Fsp3) is 0.286. The molecule has 27 heavy (non-hydrogen) atoms. The summed E-state index contributed by atoms with van der Waals surface area (Å²) in [4.78, 5) is 35.3. The van der Waals surface area contributed by atoms with E-state index in [1.807, 2.05) is 24.3 Å². The van der Waals surface area contributed by atoms with Gasteiger partial charge in [-0.1, -0.05) is 25.0 Å². The third-order valence-electron chi connectivity index (χ3n) is 4.77. The van der Waals surface area contributed by atoms with Gasteiger partial charge >= 0.3 is 5.97 Å². The molecule has 0 spiro atoms. The van der Waals surface area contributed by atoms with Crippen LogP contribution in [0, 0.1) is 5.92 Å². The minimum Gasteiger partial charge on any atom is -0.478 e. The molecule has 2 aromatic carbocycles. The van der Waals surface area contributed by atoms with Crippen LogP contribution in [-0.4, -0.2) is 22.9 Å². The van der Waals surface area contributed by atoms with E-state index >= 15 is 0 Å². The van der Waals surface area contributed by atoms with Crippen molar-refractivity contribution < 1.29 is 19.5 Å². The van der Waals surface area contributed by atoms with E-state index in [4.69, 9.17) is 5.11 Å². The molecule has 6 nitrogen and oxygen atoms in total. The molecular weight excluding hydrogens is 344 g/mol. The lowest BCUT2D eigenvalue weighted by atomic mass is 10.1. The van der Waals surface area contributed by atoms with Crippen LogP contribution < -0.4 is 10.6 Å². The van der Waals surface area contributed by atoms with Crippen molar-refractivity contribution in [2.75, 3.05) is 5.32 Å². The summed E-state index contributed by atoms with van der Waals surface area (Å²) in [7, 11) is 0. The van der Waals surface area contributed by atoms with Crippen molar-refractivity contribution in [1.29, 1.82) is 0 Å². The summed E-state index contributed by atoms with van der Waals surface area (Å²) < 4.78 is 0. The molecule has 0 heterocycles. The number of carbonyl (C=O) groups excluding carboxylic acids is 2. The number of benzene rings is 2. The van der Waals surface area contributed by atoms with Gasteiger partial charge in [0.05, 0.1) is 5.56 Å². The summed E-state index contributed by atoms with van der Waals surface area (Å²) in [5.41, 5.74) is 2.13. The van der Waals surface area contributed by atoms with Gasteiger partial charge in [-0.25, -0.2) is 4.79 Å². The molecule has 1 aliphatic rings. The average molecular weight is 366 g/mol. The molecule has 0 saturated heterocycles. The Morgan fingerprint density at radius 2 is 1.63 bits per heavy atom. The van der Waals surface area contributed by atoms with Crippen LogP contribution in [0.4, 0.5) is 5.69 Å². The number of hydrogen-bond acceptors (Lipinski definition) is 3. The lowest BCUT2D eigenvalue weighted by molar-refractivity contribution is -0.119. The molecule has 0 bridgehead atoms. The van der Waals surface area contributed by atoms with E-state index in [0.29, 0.717) is 12.1 Å². The van der Waals surface area contributed by atoms with Gasteiger partial charge in [0.25, 0.3) is 5.91 Å². The summed E-state index contributed by atoms with van der Waals surface area (Å²) in [5, 5.41) is 14.6. The van der Waals surface area contributed by atoms with Gasteiger partial charge < -0.3 is 15.7 Å². The number of amides is 2. The number of aromatic carboxylic acids is 1. The highest BCUT2D eigenvalue weighted by atomic mass is 16.4. The van der Waals surface area contributed by atoms with Crippen molar-refractivity contribution in [3.05, 3.63) is 65.2 Å². The van der Waals surface area contributed by atoms with Crippen molar-refractivity contribution in [1.82, 2.24) is 5.32 Å². The number of carbonyl (C=O) groups is 3. The van der Waals surface area contributed by atoms with Crippen LogP contribution in [0.2, 0.25) is 0 Å². The predicted molar refractivity (Wildman–Crippen MR) is 102 cm³/mol. The summed E-state index contributed by atoms with van der Waals surface area (Å²) in [6, 6.07) is 13.2. The van der Waals surface area contributed by atoms with Gasteiger partial charge in [0.1, 0.15) is 0 Å². The second kappa shape index (κ2) is 8.49. The molecule has 1 fully saturated rings. The first kappa shape index (κ1) is 18.6. The molecule has 0 atom stereocenters. The summed E-state index contributed by atoms with van der Waals surface area (Å²) in [6.45, 7) is 0.312. The minimum absolute atomic E-state index is 0.0622. The lowest BCUT2D eigenvalue weighted by Gasteiger charge is -2.12. The Morgan fingerprint density at radius 3 is 2.30 bits per heavy atom. The van der Waals surface area contributed by atoms with E-state index in [1.54, 1.807) is 0 Å². The molecular formula is C21H22N2O4. The molecule has 3 N–H and O–H groups in total. The Hall–Kier alpha value is -3.15. The smallest absolute Gasteiger partial charge is 0.335 e. The fourth-order valence-corrected chi connectivity index (χ4v) is 3.24. The van der Waals surface area contributed by atoms with Crippen LogP contribution in [0.25, 0.3) is 0 Å². The largest absolute Gasteiger partial charge is 0.478 e. The fourth-order valence-electron chi connectivity index (χ4n) is 3.24. The van der Waals surface area contributed by atoms with E-state index in [-0.39, 0.29) is 23.3 Å². The number of nitrogens with one attached hydrogen (secondary N) is 2. The summed E-state index contributed by atoms with van der Waals surface area (Å²) >= 11 is 0. The lowest BCUT2D eigenvalue weighted by Crippen LogP contribution is -2.23. The van der Waals surface area contributed by atoms with Crippen LogP contribution in [0.15, 0.2) is 48.5 Å². The first-order valence-electron chi connectivity index (χ1n) is 9.04. The highest BCUT2D eigenvalue weighted by molar-refractivity contribution is 5.96. The first-order chi connectivity index (χ1) is 13.0. The highest BCUT2D eigenvalue weighted by Gasteiger charge is 2.22. The standard InChI is InChI=1S/C21H22N2O4/c24-19(16-8-10-17(11-9-16)21(26)27)22-13-14-4-3-7-18(12-14)23-20(25)15-5-1-2-6-15/h3-4,7-12,15H,1-2,5-6,13H2,(H,22,24)(H,23,25)(H,26,27). The van der Waals surface area contributed by atoms with Gasteiger partial charge in [-0.3, -0.25) is 9.59 Å². The topological polar surface area (TPSA) is 95.5 Å². The van der Waals surface area contributed by atoms with Crippen molar-refractivity contribution in [3.8, 4) is 0 Å². The third kappa shape index (κ3) is 4.94. The molecule has 2 amide bonds. The van der Waals surface area contributed by atoms with E-state index in [1.165, 1.54) is 24.3 Å². The Labute approximate surface area is 157 Å². The number of anilines is 1. The molecule has 6 heteroatoms. The number of carboxylic acid groups (broad SMARTS) is 1. The van der Waals surface area contributed by atoms with Gasteiger partial charge in [-0.2, -0.15) is 0 Å². The third-order valence-corrected chi connectivity index (χ3v) is 4.77. The number of rotatable bonds is 6. The molecule has 0 aliphatic heterocycles. The monoisotopic (exact) mass is 366 g/mol. The zero-order chi connectivity index (χ0) is 19.2. The number of carboxylic acids is 1. The van der Waals surface area contributed by atoms with E-state index in [9.17, 15) is 14.4 Å². The quantitative estimate of drug-likeness (QED) is 0.730. The van der Waals surface area contributed by atoms with Crippen molar-refractivity contribution in [3.63, 3.8) is 0 Å². The van der Waals surface area contributed by atoms with Gasteiger partial charge in [0, 0.05) is 23.7 Å². The maximum absolute atomic E-state index is 12.2. The summed E-state index contributed by atoms with van der Waals surface area (Å²) in [5.74, 6) is -1.15. The van der Waals surface area contributed by atoms with Gasteiger partial charge in [-0.05, 0) is 54.8 Å². The second-order valence-corrected chi connectivity index (χ2v) is 6.74. The Morgan fingerprint density at radius 1 is 0.963 bits per heavy atom. The SMILES string of the molecule is O=C(O)c1ccc(C(=O)NCc2cccc(NC(=O)C3CCCC3)c2)cc1. The van der Waals surface area contributed by atoms with E-state index in [0.717, 1.165) is 36.9 Å². The van der Waals surface area contributed by atoms with Crippen LogP contribution in [0.5, 0.6) is 0 Å².